The van der Waals surface area contributed by atoms with Crippen molar-refractivity contribution in [2.75, 3.05) is 11.2 Å². The molecule has 3 rings (SSSR count). The molecule has 0 bridgehead atoms. The minimum absolute atomic E-state index is 0.255. The van der Waals surface area contributed by atoms with E-state index in [9.17, 15) is 4.79 Å². The van der Waals surface area contributed by atoms with E-state index in [1.54, 1.807) is 49.4 Å². The standard InChI is InChI=1S/C18H14Cl2N6OS/c1-10(17(27)23-13-4-2-3-11(7-13)9-21)28-18-25-24-16(26(18)22)14-6-5-12(19)8-15(14)20/h2-8,10H,22H2,1H3,(H,23,27)/t10-/m0/s1. The van der Waals surface area contributed by atoms with Gasteiger partial charge < -0.3 is 11.2 Å². The minimum atomic E-state index is -0.509. The summed E-state index contributed by atoms with van der Waals surface area (Å²) in [5.74, 6) is 6.20. The van der Waals surface area contributed by atoms with Gasteiger partial charge in [0, 0.05) is 16.3 Å². The molecule has 3 aromatic rings. The summed E-state index contributed by atoms with van der Waals surface area (Å²) >= 11 is 13.3. The van der Waals surface area contributed by atoms with Crippen LogP contribution in [0, 0.1) is 11.3 Å². The third-order valence-electron chi connectivity index (χ3n) is 3.75. The number of halogens is 2. The lowest BCUT2D eigenvalue weighted by molar-refractivity contribution is -0.115. The normalized spacial score (nSPS) is 11.6. The molecule has 7 nitrogen and oxygen atoms in total. The number of amides is 1. The van der Waals surface area contributed by atoms with Crippen molar-refractivity contribution in [2.45, 2.75) is 17.3 Å². The van der Waals surface area contributed by atoms with Crippen LogP contribution in [0.3, 0.4) is 0 Å². The number of hydrogen-bond donors (Lipinski definition) is 2. The van der Waals surface area contributed by atoms with Crippen LogP contribution in [0.5, 0.6) is 0 Å². The number of thioether (sulfide) groups is 1. The second-order valence-corrected chi connectivity index (χ2v) is 7.89. The summed E-state index contributed by atoms with van der Waals surface area (Å²) in [6.45, 7) is 1.72. The lowest BCUT2D eigenvalue weighted by Gasteiger charge is -2.12. The fourth-order valence-corrected chi connectivity index (χ4v) is 3.60. The number of benzene rings is 2. The van der Waals surface area contributed by atoms with Crippen molar-refractivity contribution in [3.8, 4) is 17.5 Å². The van der Waals surface area contributed by atoms with Gasteiger partial charge in [-0.15, -0.1) is 10.2 Å². The summed E-state index contributed by atoms with van der Waals surface area (Å²) in [4.78, 5) is 12.4. The first-order chi connectivity index (χ1) is 13.4. The number of nitrogens with zero attached hydrogens (tertiary/aromatic N) is 4. The highest BCUT2D eigenvalue weighted by Crippen LogP contribution is 2.31. The third-order valence-corrected chi connectivity index (χ3v) is 5.35. The van der Waals surface area contributed by atoms with E-state index in [2.05, 4.69) is 15.5 Å². The van der Waals surface area contributed by atoms with E-state index in [1.807, 2.05) is 6.07 Å². The number of rotatable bonds is 5. The van der Waals surface area contributed by atoms with Gasteiger partial charge in [0.2, 0.25) is 11.1 Å². The molecule has 142 valence electrons. The average molecular weight is 433 g/mol. The molecule has 1 heterocycles. The number of nitrogens with two attached hydrogens (primary N) is 1. The average Bonchev–Trinajstić information content (AvgIpc) is 3.02. The third kappa shape index (κ3) is 4.39. The van der Waals surface area contributed by atoms with Gasteiger partial charge in [-0.1, -0.05) is 41.0 Å². The van der Waals surface area contributed by atoms with Crippen LogP contribution in [-0.2, 0) is 4.79 Å². The lowest BCUT2D eigenvalue weighted by atomic mass is 10.2. The Labute approximate surface area is 175 Å². The van der Waals surface area contributed by atoms with Gasteiger partial charge in [0.05, 0.1) is 21.9 Å². The topological polar surface area (TPSA) is 110 Å². The summed E-state index contributed by atoms with van der Waals surface area (Å²) < 4.78 is 1.28. The van der Waals surface area contributed by atoms with Crippen LogP contribution in [-0.4, -0.2) is 26.0 Å². The first-order valence-corrected chi connectivity index (χ1v) is 9.66. The molecule has 1 amide bonds. The molecule has 10 heteroatoms. The number of nitriles is 1. The number of carbonyl (C=O) groups is 1. The molecule has 28 heavy (non-hydrogen) atoms. The van der Waals surface area contributed by atoms with Crippen LogP contribution in [0.4, 0.5) is 5.69 Å². The molecular weight excluding hydrogens is 419 g/mol. The molecule has 0 saturated carbocycles. The highest BCUT2D eigenvalue weighted by atomic mass is 35.5. The SMILES string of the molecule is C[C@H](Sc1nnc(-c2ccc(Cl)cc2Cl)n1N)C(=O)Nc1cccc(C#N)c1. The fraction of sp³-hybridized carbons (Fsp3) is 0.111. The summed E-state index contributed by atoms with van der Waals surface area (Å²) in [5, 5.41) is 20.6. The molecule has 0 fully saturated rings. The summed E-state index contributed by atoms with van der Waals surface area (Å²) in [5.41, 5.74) is 1.59. The molecule has 0 aliphatic carbocycles. The van der Waals surface area contributed by atoms with Crippen molar-refractivity contribution in [3.05, 3.63) is 58.1 Å². The molecular formula is C18H14Cl2N6OS. The Bertz CT molecular complexity index is 1080. The van der Waals surface area contributed by atoms with E-state index in [0.717, 1.165) is 11.8 Å². The quantitative estimate of drug-likeness (QED) is 0.466. The van der Waals surface area contributed by atoms with Gasteiger partial charge in [0.25, 0.3) is 0 Å². The Morgan fingerprint density at radius 2 is 2.07 bits per heavy atom. The molecule has 0 aliphatic rings. The zero-order chi connectivity index (χ0) is 20.3. The van der Waals surface area contributed by atoms with Crippen LogP contribution in [0.2, 0.25) is 10.0 Å². The molecule has 1 aromatic heterocycles. The molecule has 0 spiro atoms. The first-order valence-electron chi connectivity index (χ1n) is 8.02. The van der Waals surface area contributed by atoms with Crippen LogP contribution in [0.1, 0.15) is 12.5 Å². The Morgan fingerprint density at radius 3 is 2.79 bits per heavy atom. The van der Waals surface area contributed by atoms with Gasteiger partial charge in [0.1, 0.15) is 0 Å². The van der Waals surface area contributed by atoms with Crippen molar-refractivity contribution in [2.24, 2.45) is 0 Å². The molecule has 0 unspecified atom stereocenters. The molecule has 2 aromatic carbocycles. The number of nitrogen functional groups attached to an aromatic ring is 1. The molecule has 0 radical (unpaired) electrons. The van der Waals surface area contributed by atoms with Crippen molar-refractivity contribution >= 4 is 46.6 Å². The predicted octanol–water partition coefficient (Wildman–Crippen LogP) is 3.96. The minimum Gasteiger partial charge on any atom is -0.335 e. The number of nitrogens with one attached hydrogen (secondary N) is 1. The highest BCUT2D eigenvalue weighted by molar-refractivity contribution is 8.00. The lowest BCUT2D eigenvalue weighted by Crippen LogP contribution is -2.23. The number of hydrogen-bond acceptors (Lipinski definition) is 6. The molecule has 1 atom stereocenters. The molecule has 0 aliphatic heterocycles. The monoisotopic (exact) mass is 432 g/mol. The zero-order valence-corrected chi connectivity index (χ0v) is 16.9. The maximum absolute atomic E-state index is 12.4. The van der Waals surface area contributed by atoms with Crippen LogP contribution in [0.25, 0.3) is 11.4 Å². The Kier molecular flexibility index (Phi) is 6.09. The Balaban J connectivity index is 1.74. The maximum Gasteiger partial charge on any atom is 0.237 e. The number of anilines is 1. The summed E-state index contributed by atoms with van der Waals surface area (Å²) in [7, 11) is 0. The maximum atomic E-state index is 12.4. The zero-order valence-electron chi connectivity index (χ0n) is 14.6. The van der Waals surface area contributed by atoms with Gasteiger partial charge in [-0.25, -0.2) is 4.68 Å². The van der Waals surface area contributed by atoms with Gasteiger partial charge in [0.15, 0.2) is 5.82 Å². The fourth-order valence-electron chi connectivity index (χ4n) is 2.33. The van der Waals surface area contributed by atoms with E-state index in [0.29, 0.717) is 37.8 Å². The number of carbonyl (C=O) groups excluding carboxylic acids is 1. The Morgan fingerprint density at radius 1 is 1.29 bits per heavy atom. The number of aromatic nitrogens is 3. The van der Waals surface area contributed by atoms with E-state index < -0.39 is 5.25 Å². The summed E-state index contributed by atoms with van der Waals surface area (Å²) in [6.07, 6.45) is 0. The van der Waals surface area contributed by atoms with Crippen molar-refractivity contribution < 1.29 is 4.79 Å². The Hall–Kier alpha value is -2.73. The van der Waals surface area contributed by atoms with E-state index >= 15 is 0 Å². The second kappa shape index (κ2) is 8.52. The van der Waals surface area contributed by atoms with Crippen molar-refractivity contribution in [1.82, 2.24) is 14.9 Å². The van der Waals surface area contributed by atoms with E-state index in [1.165, 1.54) is 4.68 Å². The van der Waals surface area contributed by atoms with Gasteiger partial charge >= 0.3 is 0 Å². The van der Waals surface area contributed by atoms with E-state index in [4.69, 9.17) is 34.3 Å². The predicted molar refractivity (Wildman–Crippen MR) is 111 cm³/mol. The van der Waals surface area contributed by atoms with Crippen LogP contribution < -0.4 is 11.2 Å². The first kappa shape index (κ1) is 20.0. The van der Waals surface area contributed by atoms with Crippen molar-refractivity contribution in [3.63, 3.8) is 0 Å². The largest absolute Gasteiger partial charge is 0.335 e. The van der Waals surface area contributed by atoms with Crippen LogP contribution in [0.15, 0.2) is 47.6 Å². The smallest absolute Gasteiger partial charge is 0.237 e. The molecule has 3 N–H and O–H groups in total. The second-order valence-electron chi connectivity index (χ2n) is 5.74. The van der Waals surface area contributed by atoms with Gasteiger partial charge in [-0.05, 0) is 43.3 Å². The molecule has 0 saturated heterocycles. The summed E-state index contributed by atoms with van der Waals surface area (Å²) in [6, 6.07) is 13.7. The van der Waals surface area contributed by atoms with E-state index in [-0.39, 0.29) is 5.91 Å². The van der Waals surface area contributed by atoms with Crippen LogP contribution >= 0.6 is 35.0 Å². The van der Waals surface area contributed by atoms with Gasteiger partial charge in [-0.3, -0.25) is 4.79 Å². The van der Waals surface area contributed by atoms with Gasteiger partial charge in [-0.2, -0.15) is 5.26 Å². The van der Waals surface area contributed by atoms with Crippen molar-refractivity contribution in [1.29, 1.82) is 5.26 Å². The highest BCUT2D eigenvalue weighted by Gasteiger charge is 2.21.